The van der Waals surface area contributed by atoms with Crippen LogP contribution < -0.4 is 0 Å². The summed E-state index contributed by atoms with van der Waals surface area (Å²) >= 11 is 15.0. The number of hydrogen-bond acceptors (Lipinski definition) is 5. The van der Waals surface area contributed by atoms with Gasteiger partial charge in [0, 0.05) is 36.1 Å². The first-order valence-corrected chi connectivity index (χ1v) is 11.0. The van der Waals surface area contributed by atoms with Gasteiger partial charge in [-0.2, -0.15) is 4.99 Å². The van der Waals surface area contributed by atoms with Gasteiger partial charge in [-0.1, -0.05) is 29.3 Å². The van der Waals surface area contributed by atoms with Crippen LogP contribution in [0.25, 0.3) is 6.08 Å². The van der Waals surface area contributed by atoms with Gasteiger partial charge in [0.1, 0.15) is 0 Å². The van der Waals surface area contributed by atoms with Gasteiger partial charge < -0.3 is 9.80 Å². The molecule has 1 aromatic heterocycles. The average molecular weight is 452 g/mol. The molecule has 2 aliphatic heterocycles. The summed E-state index contributed by atoms with van der Waals surface area (Å²) in [5, 5.41) is 3.52. The molecule has 1 saturated heterocycles. The minimum Gasteiger partial charge on any atom is -0.347 e. The number of amidine groups is 1. The first-order chi connectivity index (χ1) is 13.5. The molecule has 2 aliphatic rings. The predicted octanol–water partition coefficient (Wildman–Crippen LogP) is 4.48. The summed E-state index contributed by atoms with van der Waals surface area (Å²) in [5.41, 5.74) is 0.448. The largest absolute Gasteiger partial charge is 0.347 e. The highest BCUT2D eigenvalue weighted by Crippen LogP contribution is 2.31. The van der Waals surface area contributed by atoms with Crippen LogP contribution in [0.5, 0.6) is 0 Å². The molecular formula is C19H15Cl2N3O2S2. The van der Waals surface area contributed by atoms with E-state index in [2.05, 4.69) is 4.99 Å². The summed E-state index contributed by atoms with van der Waals surface area (Å²) in [6, 6.07) is 8.80. The number of amides is 2. The van der Waals surface area contributed by atoms with Gasteiger partial charge in [-0.25, -0.2) is 0 Å². The normalized spacial score (nSPS) is 18.7. The lowest BCUT2D eigenvalue weighted by Gasteiger charge is -2.35. The standard InChI is InChI=1S/C19H15Cl2N3O2S2/c20-12-3-4-14(15(21)10-12)18(26)23-5-7-24(8-6-23)19-22-17(25)16(28-19)11-13-2-1-9-27-13/h1-4,9-11H,5-8H2/b16-11-. The second kappa shape index (κ2) is 8.29. The summed E-state index contributed by atoms with van der Waals surface area (Å²) in [6.45, 7) is 2.30. The maximum Gasteiger partial charge on any atom is 0.286 e. The van der Waals surface area contributed by atoms with E-state index in [-0.39, 0.29) is 11.8 Å². The number of benzene rings is 1. The van der Waals surface area contributed by atoms with Crippen LogP contribution in [0.4, 0.5) is 0 Å². The molecule has 2 aromatic rings. The molecule has 2 amide bonds. The molecule has 1 aromatic carbocycles. The van der Waals surface area contributed by atoms with Crippen LogP contribution >= 0.6 is 46.3 Å². The van der Waals surface area contributed by atoms with E-state index in [1.54, 1.807) is 34.4 Å². The van der Waals surface area contributed by atoms with Crippen molar-refractivity contribution in [3.63, 3.8) is 0 Å². The molecule has 0 bridgehead atoms. The van der Waals surface area contributed by atoms with Gasteiger partial charge in [-0.15, -0.1) is 11.3 Å². The topological polar surface area (TPSA) is 53.0 Å². The van der Waals surface area contributed by atoms with E-state index >= 15 is 0 Å². The Morgan fingerprint density at radius 2 is 1.93 bits per heavy atom. The Bertz CT molecular complexity index is 981. The fraction of sp³-hybridized carbons (Fsp3) is 0.211. The zero-order valence-electron chi connectivity index (χ0n) is 14.6. The van der Waals surface area contributed by atoms with Crippen molar-refractivity contribution in [2.75, 3.05) is 26.2 Å². The third-order valence-electron chi connectivity index (χ3n) is 4.42. The van der Waals surface area contributed by atoms with E-state index in [0.29, 0.717) is 51.9 Å². The molecule has 0 aliphatic carbocycles. The summed E-state index contributed by atoms with van der Waals surface area (Å²) in [4.78, 5) is 34.6. The Labute approximate surface area is 180 Å². The van der Waals surface area contributed by atoms with Crippen molar-refractivity contribution in [3.05, 3.63) is 61.1 Å². The SMILES string of the molecule is O=C1N=C(N2CCN(C(=O)c3ccc(Cl)cc3Cl)CC2)S/C1=C\c1cccs1. The minimum absolute atomic E-state index is 0.114. The Kier molecular flexibility index (Phi) is 5.78. The first kappa shape index (κ1) is 19.5. The highest BCUT2D eigenvalue weighted by Gasteiger charge is 2.30. The first-order valence-electron chi connectivity index (χ1n) is 8.56. The maximum absolute atomic E-state index is 12.7. The van der Waals surface area contributed by atoms with E-state index in [1.165, 1.54) is 11.8 Å². The number of piperazine rings is 1. The number of thiophene rings is 1. The zero-order chi connectivity index (χ0) is 19.7. The molecule has 0 spiro atoms. The van der Waals surface area contributed by atoms with Gasteiger partial charge in [0.2, 0.25) is 0 Å². The van der Waals surface area contributed by atoms with E-state index < -0.39 is 0 Å². The van der Waals surface area contributed by atoms with Crippen molar-refractivity contribution < 1.29 is 9.59 Å². The molecule has 28 heavy (non-hydrogen) atoms. The number of rotatable bonds is 2. The van der Waals surface area contributed by atoms with Crippen molar-refractivity contribution in [2.45, 2.75) is 0 Å². The Morgan fingerprint density at radius 1 is 1.14 bits per heavy atom. The molecule has 144 valence electrons. The molecule has 5 nitrogen and oxygen atoms in total. The van der Waals surface area contributed by atoms with Gasteiger partial charge >= 0.3 is 0 Å². The summed E-state index contributed by atoms with van der Waals surface area (Å²) < 4.78 is 0. The molecule has 9 heteroatoms. The highest BCUT2D eigenvalue weighted by atomic mass is 35.5. The summed E-state index contributed by atoms with van der Waals surface area (Å²) in [7, 11) is 0. The predicted molar refractivity (Wildman–Crippen MR) is 116 cm³/mol. The number of nitrogens with zero attached hydrogens (tertiary/aromatic N) is 3. The summed E-state index contributed by atoms with van der Waals surface area (Å²) in [6.07, 6.45) is 1.87. The second-order valence-electron chi connectivity index (χ2n) is 6.23. The Balaban J connectivity index is 1.39. The number of halogens is 2. The lowest BCUT2D eigenvalue weighted by Crippen LogP contribution is -2.49. The van der Waals surface area contributed by atoms with E-state index in [0.717, 1.165) is 4.88 Å². The number of carbonyl (C=O) groups is 2. The molecule has 0 N–H and O–H groups in total. The smallest absolute Gasteiger partial charge is 0.286 e. The monoisotopic (exact) mass is 451 g/mol. The van der Waals surface area contributed by atoms with Gasteiger partial charge in [0.15, 0.2) is 5.17 Å². The lowest BCUT2D eigenvalue weighted by molar-refractivity contribution is -0.113. The second-order valence-corrected chi connectivity index (χ2v) is 9.06. The van der Waals surface area contributed by atoms with Crippen LogP contribution in [0.3, 0.4) is 0 Å². The van der Waals surface area contributed by atoms with Gasteiger partial charge in [-0.05, 0) is 47.5 Å². The lowest BCUT2D eigenvalue weighted by atomic mass is 10.2. The van der Waals surface area contributed by atoms with Crippen molar-refractivity contribution in [3.8, 4) is 0 Å². The van der Waals surface area contributed by atoms with Crippen LogP contribution in [-0.4, -0.2) is 53.0 Å². The third-order valence-corrected chi connectivity index (χ3v) is 6.84. The third kappa shape index (κ3) is 4.12. The van der Waals surface area contributed by atoms with Gasteiger partial charge in [0.25, 0.3) is 11.8 Å². The molecule has 0 radical (unpaired) electrons. The quantitative estimate of drug-likeness (QED) is 0.631. The number of aliphatic imine (C=N–C) groups is 1. The van der Waals surface area contributed by atoms with E-state index in [9.17, 15) is 9.59 Å². The molecular weight excluding hydrogens is 437 g/mol. The highest BCUT2D eigenvalue weighted by molar-refractivity contribution is 8.18. The van der Waals surface area contributed by atoms with Crippen molar-refractivity contribution in [1.82, 2.24) is 9.80 Å². The fourth-order valence-corrected chi connectivity index (χ4v) is 5.15. The fourth-order valence-electron chi connectivity index (χ4n) is 2.97. The van der Waals surface area contributed by atoms with Crippen molar-refractivity contribution in [1.29, 1.82) is 0 Å². The van der Waals surface area contributed by atoms with Crippen LogP contribution in [0.1, 0.15) is 15.2 Å². The van der Waals surface area contributed by atoms with Crippen LogP contribution in [0, 0.1) is 0 Å². The number of thioether (sulfide) groups is 1. The Morgan fingerprint density at radius 3 is 2.61 bits per heavy atom. The van der Waals surface area contributed by atoms with E-state index in [4.69, 9.17) is 23.2 Å². The van der Waals surface area contributed by atoms with Crippen molar-refractivity contribution >= 4 is 69.4 Å². The van der Waals surface area contributed by atoms with Crippen LogP contribution in [0.2, 0.25) is 10.0 Å². The average Bonchev–Trinajstić information content (AvgIpc) is 3.32. The van der Waals surface area contributed by atoms with Gasteiger partial charge in [-0.3, -0.25) is 9.59 Å². The molecule has 0 atom stereocenters. The van der Waals surface area contributed by atoms with Gasteiger partial charge in [0.05, 0.1) is 15.5 Å². The maximum atomic E-state index is 12.7. The zero-order valence-corrected chi connectivity index (χ0v) is 17.7. The molecule has 0 unspecified atom stereocenters. The summed E-state index contributed by atoms with van der Waals surface area (Å²) in [5.74, 6) is -0.323. The molecule has 3 heterocycles. The molecule has 0 saturated carbocycles. The van der Waals surface area contributed by atoms with Crippen LogP contribution in [-0.2, 0) is 4.79 Å². The number of carbonyl (C=O) groups excluding carboxylic acids is 2. The van der Waals surface area contributed by atoms with E-state index in [1.807, 2.05) is 28.5 Å². The Hall–Kier alpha value is -1.80. The minimum atomic E-state index is -0.208. The molecule has 1 fully saturated rings. The van der Waals surface area contributed by atoms with Crippen LogP contribution in [0.15, 0.2) is 45.6 Å². The van der Waals surface area contributed by atoms with Crippen molar-refractivity contribution in [2.24, 2.45) is 4.99 Å². The molecule has 4 rings (SSSR count). The number of hydrogen-bond donors (Lipinski definition) is 0.